The van der Waals surface area contributed by atoms with Crippen LogP contribution in [0.4, 0.5) is 11.4 Å². The lowest BCUT2D eigenvalue weighted by molar-refractivity contribution is 0.0526. The van der Waals surface area contributed by atoms with Crippen LogP contribution < -0.4 is 15.0 Å². The van der Waals surface area contributed by atoms with Crippen LogP contribution in [0.25, 0.3) is 0 Å². The van der Waals surface area contributed by atoms with Gasteiger partial charge in [-0.05, 0) is 55.8 Å². The van der Waals surface area contributed by atoms with E-state index in [-0.39, 0.29) is 18.4 Å². The first-order chi connectivity index (χ1) is 17.9. The number of anilines is 2. The summed E-state index contributed by atoms with van der Waals surface area (Å²) in [6.45, 7) is 6.09. The third kappa shape index (κ3) is 5.74. The van der Waals surface area contributed by atoms with Gasteiger partial charge in [-0.2, -0.15) is 0 Å². The molecule has 3 aromatic rings. The minimum atomic E-state index is -0.462. The number of methoxy groups -OCH3 is 1. The molecule has 4 rings (SSSR count). The molecule has 2 amide bonds. The van der Waals surface area contributed by atoms with Crippen molar-refractivity contribution in [3.63, 3.8) is 0 Å². The number of para-hydroxylation sites is 1. The van der Waals surface area contributed by atoms with E-state index in [1.165, 1.54) is 7.11 Å². The third-order valence-electron chi connectivity index (χ3n) is 6.34. The lowest BCUT2D eigenvalue weighted by Gasteiger charge is -2.37. The molecular formula is C29H31N3O5. The van der Waals surface area contributed by atoms with Crippen molar-refractivity contribution < 1.29 is 23.9 Å². The number of nitrogens with zero attached hydrogens (tertiary/aromatic N) is 2. The maximum absolute atomic E-state index is 13.3. The Labute approximate surface area is 216 Å². The molecule has 1 aliphatic heterocycles. The van der Waals surface area contributed by atoms with E-state index < -0.39 is 5.97 Å². The number of rotatable bonds is 7. The third-order valence-corrected chi connectivity index (χ3v) is 6.34. The van der Waals surface area contributed by atoms with E-state index in [9.17, 15) is 14.4 Å². The lowest BCUT2D eigenvalue weighted by Crippen LogP contribution is -2.49. The van der Waals surface area contributed by atoms with Gasteiger partial charge in [0.15, 0.2) is 0 Å². The molecule has 0 aromatic heterocycles. The smallest absolute Gasteiger partial charge is 0.338 e. The topological polar surface area (TPSA) is 88.2 Å². The molecule has 1 saturated heterocycles. The fourth-order valence-corrected chi connectivity index (χ4v) is 4.46. The second kappa shape index (κ2) is 11.6. The molecular weight excluding hydrogens is 470 g/mol. The summed E-state index contributed by atoms with van der Waals surface area (Å²) in [6.07, 6.45) is 0. The molecule has 1 N–H and O–H groups in total. The quantitative estimate of drug-likeness (QED) is 0.483. The van der Waals surface area contributed by atoms with E-state index in [0.717, 1.165) is 11.3 Å². The van der Waals surface area contributed by atoms with Crippen molar-refractivity contribution in [2.24, 2.45) is 0 Å². The minimum Gasteiger partial charge on any atom is -0.496 e. The van der Waals surface area contributed by atoms with Gasteiger partial charge < -0.3 is 24.6 Å². The molecule has 1 aliphatic rings. The van der Waals surface area contributed by atoms with E-state index in [2.05, 4.69) is 10.2 Å². The second-order valence-electron chi connectivity index (χ2n) is 8.71. The number of piperazine rings is 1. The normalized spacial score (nSPS) is 13.2. The van der Waals surface area contributed by atoms with Crippen LogP contribution in [-0.4, -0.2) is 62.6 Å². The molecule has 3 aromatic carbocycles. The highest BCUT2D eigenvalue weighted by atomic mass is 16.5. The molecule has 0 unspecified atom stereocenters. The fraction of sp³-hybridized carbons (Fsp3) is 0.276. The number of hydrogen-bond acceptors (Lipinski definition) is 6. The molecule has 0 radical (unpaired) electrons. The van der Waals surface area contributed by atoms with E-state index in [0.29, 0.717) is 54.3 Å². The highest BCUT2D eigenvalue weighted by molar-refractivity contribution is 6.08. The summed E-state index contributed by atoms with van der Waals surface area (Å²) in [5.41, 5.74) is 3.50. The largest absolute Gasteiger partial charge is 0.496 e. The zero-order valence-corrected chi connectivity index (χ0v) is 21.3. The van der Waals surface area contributed by atoms with Crippen molar-refractivity contribution in [2.45, 2.75) is 13.8 Å². The molecule has 1 fully saturated rings. The highest BCUT2D eigenvalue weighted by Crippen LogP contribution is 2.31. The summed E-state index contributed by atoms with van der Waals surface area (Å²) in [6, 6.07) is 19.7. The average molecular weight is 502 g/mol. The van der Waals surface area contributed by atoms with E-state index >= 15 is 0 Å². The number of amides is 2. The van der Waals surface area contributed by atoms with Crippen LogP contribution in [0, 0.1) is 6.92 Å². The zero-order valence-electron chi connectivity index (χ0n) is 21.3. The summed E-state index contributed by atoms with van der Waals surface area (Å²) in [7, 11) is 1.53. The van der Waals surface area contributed by atoms with Crippen molar-refractivity contribution in [1.82, 2.24) is 4.90 Å². The molecule has 0 saturated carbocycles. The molecule has 0 aliphatic carbocycles. The van der Waals surface area contributed by atoms with Crippen molar-refractivity contribution in [3.05, 3.63) is 89.0 Å². The van der Waals surface area contributed by atoms with Crippen LogP contribution in [-0.2, 0) is 4.74 Å². The van der Waals surface area contributed by atoms with Crippen LogP contribution >= 0.6 is 0 Å². The van der Waals surface area contributed by atoms with Crippen molar-refractivity contribution >= 4 is 29.2 Å². The Hall–Kier alpha value is -4.33. The first-order valence-electron chi connectivity index (χ1n) is 12.3. The van der Waals surface area contributed by atoms with Gasteiger partial charge >= 0.3 is 5.97 Å². The van der Waals surface area contributed by atoms with Gasteiger partial charge in [0, 0.05) is 31.7 Å². The van der Waals surface area contributed by atoms with Gasteiger partial charge in [0.25, 0.3) is 11.8 Å². The minimum absolute atomic E-state index is 0.00187. The molecule has 1 heterocycles. The molecule has 0 spiro atoms. The van der Waals surface area contributed by atoms with Gasteiger partial charge in [0.1, 0.15) is 5.75 Å². The van der Waals surface area contributed by atoms with Crippen LogP contribution in [0.5, 0.6) is 5.75 Å². The van der Waals surface area contributed by atoms with E-state index in [4.69, 9.17) is 9.47 Å². The van der Waals surface area contributed by atoms with Crippen LogP contribution in [0.3, 0.4) is 0 Å². The van der Waals surface area contributed by atoms with E-state index in [1.807, 2.05) is 54.3 Å². The Kier molecular flexibility index (Phi) is 8.08. The number of hydrogen-bond donors (Lipinski definition) is 1. The Balaban J connectivity index is 1.58. The molecule has 0 atom stereocenters. The van der Waals surface area contributed by atoms with Gasteiger partial charge in [-0.15, -0.1) is 0 Å². The maximum Gasteiger partial charge on any atom is 0.338 e. The predicted octanol–water partition coefficient (Wildman–Crippen LogP) is 4.40. The molecule has 0 bridgehead atoms. The Morgan fingerprint density at radius 2 is 1.62 bits per heavy atom. The summed E-state index contributed by atoms with van der Waals surface area (Å²) in [5.74, 6) is -0.314. The standard InChI is InChI=1S/C29H31N3O5/c1-4-37-29(35)22-13-14-25(24(19-22)30-27(33)23-12-8-9-20(2)26(23)36-3)31-15-17-32(18-16-31)28(34)21-10-6-5-7-11-21/h5-14,19H,4,15-18H2,1-3H3,(H,30,33). The number of esters is 1. The van der Waals surface area contributed by atoms with Crippen LogP contribution in [0.2, 0.25) is 0 Å². The number of nitrogens with one attached hydrogen (secondary N) is 1. The number of ether oxygens (including phenoxy) is 2. The molecule has 8 heteroatoms. The fourth-order valence-electron chi connectivity index (χ4n) is 4.46. The van der Waals surface area contributed by atoms with Gasteiger partial charge in [0.2, 0.25) is 0 Å². The molecule has 37 heavy (non-hydrogen) atoms. The van der Waals surface area contributed by atoms with Gasteiger partial charge in [-0.3, -0.25) is 9.59 Å². The number of carbonyl (C=O) groups excluding carboxylic acids is 3. The van der Waals surface area contributed by atoms with Crippen molar-refractivity contribution in [3.8, 4) is 5.75 Å². The average Bonchev–Trinajstić information content (AvgIpc) is 2.93. The van der Waals surface area contributed by atoms with Crippen LogP contribution in [0.1, 0.15) is 43.6 Å². The SMILES string of the molecule is CCOC(=O)c1ccc(N2CCN(C(=O)c3ccccc3)CC2)c(NC(=O)c2cccc(C)c2OC)c1. The Morgan fingerprint density at radius 1 is 0.892 bits per heavy atom. The number of carbonyl (C=O) groups is 3. The van der Waals surface area contributed by atoms with Crippen molar-refractivity contribution in [2.75, 3.05) is 50.1 Å². The summed E-state index contributed by atoms with van der Waals surface area (Å²) < 4.78 is 10.6. The monoisotopic (exact) mass is 501 g/mol. The number of benzene rings is 3. The first kappa shape index (κ1) is 25.8. The summed E-state index contributed by atoms with van der Waals surface area (Å²) in [5, 5.41) is 2.97. The number of aryl methyl sites for hydroxylation is 1. The van der Waals surface area contributed by atoms with Gasteiger partial charge in [-0.25, -0.2) is 4.79 Å². The van der Waals surface area contributed by atoms with Gasteiger partial charge in [-0.1, -0.05) is 30.3 Å². The maximum atomic E-state index is 13.3. The Morgan fingerprint density at radius 3 is 2.30 bits per heavy atom. The lowest BCUT2D eigenvalue weighted by atomic mass is 10.1. The Bertz CT molecular complexity index is 1280. The van der Waals surface area contributed by atoms with Gasteiger partial charge in [0.05, 0.1) is 36.2 Å². The zero-order chi connectivity index (χ0) is 26.4. The van der Waals surface area contributed by atoms with Crippen molar-refractivity contribution in [1.29, 1.82) is 0 Å². The second-order valence-corrected chi connectivity index (χ2v) is 8.71. The van der Waals surface area contributed by atoms with Crippen LogP contribution in [0.15, 0.2) is 66.7 Å². The summed E-state index contributed by atoms with van der Waals surface area (Å²) >= 11 is 0. The first-order valence-corrected chi connectivity index (χ1v) is 12.3. The predicted molar refractivity (Wildman–Crippen MR) is 143 cm³/mol. The van der Waals surface area contributed by atoms with E-state index in [1.54, 1.807) is 31.2 Å². The summed E-state index contributed by atoms with van der Waals surface area (Å²) in [4.78, 5) is 42.5. The highest BCUT2D eigenvalue weighted by Gasteiger charge is 2.25. The molecule has 192 valence electrons. The molecule has 8 nitrogen and oxygen atoms in total.